The normalized spacial score (nSPS) is 10.7. The predicted molar refractivity (Wildman–Crippen MR) is 115 cm³/mol. The quantitative estimate of drug-likeness (QED) is 0.433. The van der Waals surface area contributed by atoms with Gasteiger partial charge in [0.2, 0.25) is 0 Å². The first-order chi connectivity index (χ1) is 14.5. The van der Waals surface area contributed by atoms with E-state index in [9.17, 15) is 9.59 Å². The highest BCUT2D eigenvalue weighted by molar-refractivity contribution is 6.06. The summed E-state index contributed by atoms with van der Waals surface area (Å²) in [5.41, 5.74) is 2.00. The average Bonchev–Trinajstić information content (AvgIpc) is 3.19. The van der Waals surface area contributed by atoms with Crippen molar-refractivity contribution in [1.82, 2.24) is 9.78 Å². The third-order valence-corrected chi connectivity index (χ3v) is 4.10. The molecule has 2 aromatic carbocycles. The number of ether oxygens (including phenoxy) is 2. The summed E-state index contributed by atoms with van der Waals surface area (Å²) in [6, 6.07) is 14.4. The summed E-state index contributed by atoms with van der Waals surface area (Å²) < 4.78 is 12.8. The minimum atomic E-state index is -0.269. The first-order valence-electron chi connectivity index (χ1n) is 9.50. The van der Waals surface area contributed by atoms with Gasteiger partial charge in [0.05, 0.1) is 18.4 Å². The van der Waals surface area contributed by atoms with E-state index >= 15 is 0 Å². The van der Waals surface area contributed by atoms with Crippen LogP contribution in [0.15, 0.2) is 67.0 Å². The Kier molecular flexibility index (Phi) is 7.00. The average molecular weight is 405 g/mol. The number of anilines is 1. The number of amides is 1. The van der Waals surface area contributed by atoms with Gasteiger partial charge in [-0.2, -0.15) is 5.10 Å². The molecule has 0 saturated heterocycles. The molecule has 1 aromatic heterocycles. The van der Waals surface area contributed by atoms with E-state index in [0.717, 1.165) is 5.56 Å². The Hall–Kier alpha value is -3.87. The number of nitrogens with zero attached hydrogens (tertiary/aromatic N) is 2. The molecule has 3 rings (SSSR count). The topological polar surface area (TPSA) is 82.4 Å². The van der Waals surface area contributed by atoms with Gasteiger partial charge in [0, 0.05) is 18.9 Å². The van der Waals surface area contributed by atoms with Crippen LogP contribution in [0.4, 0.5) is 5.69 Å². The Labute approximate surface area is 174 Å². The van der Waals surface area contributed by atoms with Crippen LogP contribution in [0.2, 0.25) is 0 Å². The van der Waals surface area contributed by atoms with Crippen LogP contribution in [0.5, 0.6) is 11.5 Å². The highest BCUT2D eigenvalue weighted by Crippen LogP contribution is 2.29. The number of carbonyl (C=O) groups excluding carboxylic acids is 2. The number of rotatable bonds is 9. The summed E-state index contributed by atoms with van der Waals surface area (Å²) in [6.45, 7) is 2.15. The second-order valence-corrected chi connectivity index (χ2v) is 6.44. The van der Waals surface area contributed by atoms with Gasteiger partial charge in [-0.1, -0.05) is 30.3 Å². The maximum Gasteiger partial charge on any atom is 0.262 e. The van der Waals surface area contributed by atoms with Crippen molar-refractivity contribution in [2.75, 3.05) is 18.5 Å². The Morgan fingerprint density at radius 3 is 2.60 bits per heavy atom. The van der Waals surface area contributed by atoms with E-state index in [1.54, 1.807) is 54.3 Å². The molecule has 30 heavy (non-hydrogen) atoms. The van der Waals surface area contributed by atoms with E-state index in [2.05, 4.69) is 10.4 Å². The van der Waals surface area contributed by atoms with Crippen molar-refractivity contribution in [2.45, 2.75) is 6.92 Å². The molecule has 0 unspecified atom stereocenters. The molecule has 1 N–H and O–H groups in total. The van der Waals surface area contributed by atoms with Crippen LogP contribution in [-0.4, -0.2) is 34.7 Å². The van der Waals surface area contributed by atoms with Crippen LogP contribution in [-0.2, 0) is 11.8 Å². The van der Waals surface area contributed by atoms with Crippen molar-refractivity contribution >= 4 is 23.5 Å². The van der Waals surface area contributed by atoms with Crippen LogP contribution in [0.1, 0.15) is 22.8 Å². The molecule has 0 atom stereocenters. The largest absolute Gasteiger partial charge is 0.490 e. The Bertz CT molecular complexity index is 1040. The number of aryl methyl sites for hydroxylation is 1. The molecule has 0 aliphatic carbocycles. The Morgan fingerprint density at radius 1 is 1.10 bits per heavy atom. The van der Waals surface area contributed by atoms with Crippen molar-refractivity contribution < 1.29 is 19.1 Å². The summed E-state index contributed by atoms with van der Waals surface area (Å²) in [6.07, 6.45) is 6.37. The SMILES string of the molecule is CCOc1cc(/C=C/C(=O)c2cnn(C)c2)ccc1OCC(=O)Nc1ccccc1. The monoisotopic (exact) mass is 405 g/mol. The standard InChI is InChI=1S/C23H23N3O4/c1-3-29-22-13-17(9-11-20(27)18-14-24-26(2)15-18)10-12-21(22)30-16-23(28)25-19-7-5-4-6-8-19/h4-15H,3,16H2,1-2H3,(H,25,28)/b11-9+. The molecule has 1 heterocycles. The fourth-order valence-corrected chi connectivity index (χ4v) is 2.69. The number of para-hydroxylation sites is 1. The lowest BCUT2D eigenvalue weighted by Crippen LogP contribution is -2.20. The molecular formula is C23H23N3O4. The van der Waals surface area contributed by atoms with Gasteiger partial charge < -0.3 is 14.8 Å². The van der Waals surface area contributed by atoms with Crippen molar-refractivity contribution in [1.29, 1.82) is 0 Å². The lowest BCUT2D eigenvalue weighted by molar-refractivity contribution is -0.118. The maximum absolute atomic E-state index is 12.2. The fourth-order valence-electron chi connectivity index (χ4n) is 2.69. The van der Waals surface area contributed by atoms with Gasteiger partial charge in [-0.15, -0.1) is 0 Å². The molecule has 3 aromatic rings. The predicted octanol–water partition coefficient (Wildman–Crippen LogP) is 3.73. The summed E-state index contributed by atoms with van der Waals surface area (Å²) in [5, 5.41) is 6.76. The fraction of sp³-hybridized carbons (Fsp3) is 0.174. The van der Waals surface area contributed by atoms with E-state index in [4.69, 9.17) is 9.47 Å². The molecular weight excluding hydrogens is 382 g/mol. The second kappa shape index (κ2) is 10.1. The number of hydrogen-bond donors (Lipinski definition) is 1. The zero-order chi connectivity index (χ0) is 21.3. The number of allylic oxidation sites excluding steroid dienone is 1. The zero-order valence-corrected chi connectivity index (χ0v) is 16.9. The number of hydrogen-bond acceptors (Lipinski definition) is 5. The highest BCUT2D eigenvalue weighted by atomic mass is 16.5. The molecule has 0 radical (unpaired) electrons. The number of aromatic nitrogens is 2. The first-order valence-corrected chi connectivity index (χ1v) is 9.50. The van der Waals surface area contributed by atoms with Gasteiger partial charge in [-0.25, -0.2) is 0 Å². The summed E-state index contributed by atoms with van der Waals surface area (Å²) in [7, 11) is 1.76. The minimum Gasteiger partial charge on any atom is -0.490 e. The number of ketones is 1. The third-order valence-electron chi connectivity index (χ3n) is 4.10. The number of benzene rings is 2. The van der Waals surface area contributed by atoms with Crippen molar-refractivity contribution in [3.63, 3.8) is 0 Å². The zero-order valence-electron chi connectivity index (χ0n) is 16.9. The van der Waals surface area contributed by atoms with E-state index < -0.39 is 0 Å². The van der Waals surface area contributed by atoms with Crippen molar-refractivity contribution in [2.24, 2.45) is 7.05 Å². The van der Waals surface area contributed by atoms with Gasteiger partial charge in [-0.05, 0) is 42.8 Å². The van der Waals surface area contributed by atoms with Crippen LogP contribution >= 0.6 is 0 Å². The first kappa shape index (κ1) is 20.9. The molecule has 0 spiro atoms. The molecule has 1 amide bonds. The van der Waals surface area contributed by atoms with E-state index in [1.165, 1.54) is 12.3 Å². The maximum atomic E-state index is 12.2. The molecule has 0 bridgehead atoms. The van der Waals surface area contributed by atoms with Gasteiger partial charge in [0.1, 0.15) is 0 Å². The minimum absolute atomic E-state index is 0.140. The van der Waals surface area contributed by atoms with Crippen LogP contribution in [0.25, 0.3) is 6.08 Å². The third kappa shape index (κ3) is 5.81. The number of carbonyl (C=O) groups is 2. The van der Waals surface area contributed by atoms with Gasteiger partial charge in [-0.3, -0.25) is 14.3 Å². The van der Waals surface area contributed by atoms with Gasteiger partial charge in [0.15, 0.2) is 23.9 Å². The van der Waals surface area contributed by atoms with Crippen LogP contribution < -0.4 is 14.8 Å². The molecule has 0 fully saturated rings. The van der Waals surface area contributed by atoms with E-state index in [0.29, 0.717) is 29.4 Å². The summed E-state index contributed by atoms with van der Waals surface area (Å²) >= 11 is 0. The van der Waals surface area contributed by atoms with Gasteiger partial charge >= 0.3 is 0 Å². The second-order valence-electron chi connectivity index (χ2n) is 6.44. The van der Waals surface area contributed by atoms with E-state index in [-0.39, 0.29) is 18.3 Å². The molecule has 7 nitrogen and oxygen atoms in total. The van der Waals surface area contributed by atoms with E-state index in [1.807, 2.05) is 25.1 Å². The van der Waals surface area contributed by atoms with Crippen LogP contribution in [0, 0.1) is 0 Å². The molecule has 154 valence electrons. The molecule has 0 aliphatic heterocycles. The van der Waals surface area contributed by atoms with Crippen LogP contribution in [0.3, 0.4) is 0 Å². The smallest absolute Gasteiger partial charge is 0.262 e. The molecule has 0 saturated carbocycles. The summed E-state index contributed by atoms with van der Waals surface area (Å²) in [5.74, 6) is 0.547. The van der Waals surface area contributed by atoms with Crippen molar-refractivity contribution in [3.05, 3.63) is 78.1 Å². The summed E-state index contributed by atoms with van der Waals surface area (Å²) in [4.78, 5) is 24.3. The lowest BCUT2D eigenvalue weighted by Gasteiger charge is -2.12. The lowest BCUT2D eigenvalue weighted by atomic mass is 10.1. The molecule has 7 heteroatoms. The number of nitrogens with one attached hydrogen (secondary N) is 1. The Balaban J connectivity index is 1.64. The van der Waals surface area contributed by atoms with Gasteiger partial charge in [0.25, 0.3) is 5.91 Å². The highest BCUT2D eigenvalue weighted by Gasteiger charge is 2.10. The Morgan fingerprint density at radius 2 is 1.90 bits per heavy atom. The molecule has 0 aliphatic rings. The van der Waals surface area contributed by atoms with Crippen molar-refractivity contribution in [3.8, 4) is 11.5 Å².